The fraction of sp³-hybridized carbons (Fsp3) is 0.435. The second-order valence-electron chi connectivity index (χ2n) is 7.37. The molecule has 32 heavy (non-hydrogen) atoms. The minimum Gasteiger partial charge on any atom is -0.497 e. The minimum absolute atomic E-state index is 0.0165. The summed E-state index contributed by atoms with van der Waals surface area (Å²) in [6.07, 6.45) is 1.54. The molecule has 2 atom stereocenters. The molecule has 2 N–H and O–H groups in total. The van der Waals surface area contributed by atoms with Crippen LogP contribution < -0.4 is 10.5 Å². The third-order valence-corrected chi connectivity index (χ3v) is 6.46. The lowest BCUT2D eigenvalue weighted by Crippen LogP contribution is -2.40. The van der Waals surface area contributed by atoms with Gasteiger partial charge in [0.25, 0.3) is 0 Å². The Balaban J connectivity index is 2.20. The van der Waals surface area contributed by atoms with Crippen LogP contribution in [0.2, 0.25) is 0 Å². The smallest absolute Gasteiger partial charge is 0.338 e. The topological polar surface area (TPSA) is 108 Å². The molecule has 1 amide bonds. The summed E-state index contributed by atoms with van der Waals surface area (Å²) in [7, 11) is 1.55. The Labute approximate surface area is 191 Å². The van der Waals surface area contributed by atoms with E-state index < -0.39 is 23.1 Å². The van der Waals surface area contributed by atoms with Crippen molar-refractivity contribution in [3.8, 4) is 5.75 Å². The van der Waals surface area contributed by atoms with Crippen LogP contribution >= 0.6 is 11.8 Å². The molecule has 1 saturated heterocycles. The number of methoxy groups -OCH3 is 1. The quantitative estimate of drug-likeness (QED) is 0.466. The molecule has 0 unspecified atom stereocenters. The van der Waals surface area contributed by atoms with E-state index in [1.54, 1.807) is 45.2 Å². The SMILES string of the molecule is CCCCOC(=O)C1=C(N)N2C(=O)[C@H](C)SC2=C(C(=O)OCC)[C@@H]1c1ccc(OC)cc1. The van der Waals surface area contributed by atoms with Crippen molar-refractivity contribution in [3.05, 3.63) is 51.8 Å². The van der Waals surface area contributed by atoms with Crippen molar-refractivity contribution in [2.45, 2.75) is 44.8 Å². The van der Waals surface area contributed by atoms with Crippen molar-refractivity contribution in [1.29, 1.82) is 0 Å². The van der Waals surface area contributed by atoms with Crippen LogP contribution in [0.25, 0.3) is 0 Å². The molecule has 2 heterocycles. The van der Waals surface area contributed by atoms with Crippen LogP contribution in [0.1, 0.15) is 45.1 Å². The Kier molecular flexibility index (Phi) is 7.50. The van der Waals surface area contributed by atoms with Gasteiger partial charge >= 0.3 is 11.9 Å². The monoisotopic (exact) mass is 460 g/mol. The van der Waals surface area contributed by atoms with E-state index >= 15 is 0 Å². The molecule has 0 aromatic heterocycles. The predicted molar refractivity (Wildman–Crippen MR) is 120 cm³/mol. The van der Waals surface area contributed by atoms with Crippen LogP contribution in [-0.4, -0.2) is 48.3 Å². The lowest BCUT2D eigenvalue weighted by Gasteiger charge is -2.33. The molecule has 3 rings (SSSR count). The van der Waals surface area contributed by atoms with E-state index in [9.17, 15) is 14.4 Å². The van der Waals surface area contributed by atoms with Crippen LogP contribution in [0.15, 0.2) is 46.3 Å². The van der Waals surface area contributed by atoms with Gasteiger partial charge in [0.2, 0.25) is 5.91 Å². The number of rotatable bonds is 8. The van der Waals surface area contributed by atoms with Crippen molar-refractivity contribution >= 4 is 29.6 Å². The molecular formula is C23H28N2O6S. The second-order valence-corrected chi connectivity index (χ2v) is 8.70. The number of nitrogens with two attached hydrogens (primary N) is 1. The van der Waals surface area contributed by atoms with Crippen molar-refractivity contribution in [3.63, 3.8) is 0 Å². The van der Waals surface area contributed by atoms with Crippen molar-refractivity contribution in [2.24, 2.45) is 5.73 Å². The van der Waals surface area contributed by atoms with E-state index in [-0.39, 0.29) is 36.1 Å². The van der Waals surface area contributed by atoms with Gasteiger partial charge in [0.1, 0.15) is 11.6 Å². The predicted octanol–water partition coefficient (Wildman–Crippen LogP) is 3.04. The number of amides is 1. The van der Waals surface area contributed by atoms with Crippen LogP contribution in [0.3, 0.4) is 0 Å². The Morgan fingerprint density at radius 2 is 1.75 bits per heavy atom. The maximum absolute atomic E-state index is 13.2. The Hall–Kier alpha value is -2.94. The highest BCUT2D eigenvalue weighted by Gasteiger charge is 2.49. The normalized spacial score (nSPS) is 20.4. The molecule has 9 heteroatoms. The first-order valence-electron chi connectivity index (χ1n) is 10.6. The molecule has 1 fully saturated rings. The van der Waals surface area contributed by atoms with E-state index in [1.807, 2.05) is 6.92 Å². The van der Waals surface area contributed by atoms with Crippen molar-refractivity contribution in [2.75, 3.05) is 20.3 Å². The van der Waals surface area contributed by atoms with Crippen molar-refractivity contribution in [1.82, 2.24) is 4.90 Å². The lowest BCUT2D eigenvalue weighted by molar-refractivity contribution is -0.140. The first-order valence-corrected chi connectivity index (χ1v) is 11.5. The van der Waals surface area contributed by atoms with Gasteiger partial charge in [-0.1, -0.05) is 37.2 Å². The van der Waals surface area contributed by atoms with Crippen LogP contribution in [0.5, 0.6) is 5.75 Å². The summed E-state index contributed by atoms with van der Waals surface area (Å²) in [6, 6.07) is 6.99. The van der Waals surface area contributed by atoms with Gasteiger partial charge < -0.3 is 19.9 Å². The van der Waals surface area contributed by atoms with Crippen molar-refractivity contribution < 1.29 is 28.6 Å². The number of thioether (sulfide) groups is 1. The zero-order valence-electron chi connectivity index (χ0n) is 18.7. The first-order chi connectivity index (χ1) is 15.3. The Morgan fingerprint density at radius 3 is 2.34 bits per heavy atom. The molecule has 2 aliphatic rings. The van der Waals surface area contributed by atoms with Gasteiger partial charge in [-0.05, 0) is 38.0 Å². The maximum atomic E-state index is 13.2. The number of esters is 2. The number of fused-ring (bicyclic) bond motifs is 1. The number of hydrogen-bond donors (Lipinski definition) is 1. The summed E-state index contributed by atoms with van der Waals surface area (Å²) in [5, 5.41) is -0.0654. The van der Waals surface area contributed by atoms with Gasteiger partial charge in [-0.25, -0.2) is 9.59 Å². The van der Waals surface area contributed by atoms with Gasteiger partial charge in [-0.3, -0.25) is 9.69 Å². The molecule has 0 radical (unpaired) electrons. The third kappa shape index (κ3) is 4.34. The van der Waals surface area contributed by atoms with Gasteiger partial charge in [-0.2, -0.15) is 0 Å². The van der Waals surface area contributed by atoms with Crippen LogP contribution in [0.4, 0.5) is 0 Å². The van der Waals surface area contributed by atoms with Gasteiger partial charge in [0.15, 0.2) is 0 Å². The number of unbranched alkanes of at least 4 members (excludes halogenated alkanes) is 1. The van der Waals surface area contributed by atoms with Gasteiger partial charge in [-0.15, -0.1) is 0 Å². The molecule has 172 valence electrons. The fourth-order valence-electron chi connectivity index (χ4n) is 3.65. The summed E-state index contributed by atoms with van der Waals surface area (Å²) in [4.78, 5) is 40.4. The minimum atomic E-state index is -0.842. The molecule has 0 aliphatic carbocycles. The lowest BCUT2D eigenvalue weighted by atomic mass is 9.82. The molecule has 1 aromatic carbocycles. The first kappa shape index (κ1) is 23.7. The Morgan fingerprint density at radius 1 is 1.09 bits per heavy atom. The Bertz CT molecular complexity index is 969. The highest BCUT2D eigenvalue weighted by Crippen LogP contribution is 2.49. The molecule has 0 saturated carbocycles. The molecular weight excluding hydrogens is 432 g/mol. The van der Waals surface area contributed by atoms with Gasteiger partial charge in [0.05, 0.1) is 47.7 Å². The number of benzene rings is 1. The second kappa shape index (κ2) is 10.1. The summed E-state index contributed by atoms with van der Waals surface area (Å²) in [6.45, 7) is 5.78. The van der Waals surface area contributed by atoms with E-state index in [0.717, 1.165) is 6.42 Å². The highest BCUT2D eigenvalue weighted by molar-refractivity contribution is 8.04. The molecule has 1 aromatic rings. The number of hydrogen-bond acceptors (Lipinski definition) is 8. The standard InChI is InChI=1S/C23H28N2O6S/c1-5-7-12-31-22(27)17-16(14-8-10-15(29-4)11-9-14)18(23(28)30-6-2)21-25(19(17)24)20(26)13(3)32-21/h8-11,13,16H,5-7,12,24H2,1-4H3/t13-,16+/m0/s1. The number of nitrogens with zero attached hydrogens (tertiary/aromatic N) is 1. The molecule has 0 bridgehead atoms. The van der Waals surface area contributed by atoms with E-state index in [0.29, 0.717) is 22.8 Å². The largest absolute Gasteiger partial charge is 0.497 e. The van der Waals surface area contributed by atoms with E-state index in [2.05, 4.69) is 0 Å². The zero-order chi connectivity index (χ0) is 23.4. The number of ether oxygens (including phenoxy) is 3. The zero-order valence-corrected chi connectivity index (χ0v) is 19.5. The van der Waals surface area contributed by atoms with Gasteiger partial charge in [0, 0.05) is 0 Å². The average molecular weight is 461 g/mol. The maximum Gasteiger partial charge on any atom is 0.338 e. The molecule has 8 nitrogen and oxygen atoms in total. The van der Waals surface area contributed by atoms with E-state index in [4.69, 9.17) is 19.9 Å². The summed E-state index contributed by atoms with van der Waals surface area (Å²) >= 11 is 1.23. The average Bonchev–Trinajstić information content (AvgIpc) is 3.08. The highest BCUT2D eigenvalue weighted by atomic mass is 32.2. The summed E-state index contributed by atoms with van der Waals surface area (Å²) in [5.41, 5.74) is 7.30. The van der Waals surface area contributed by atoms with Crippen LogP contribution in [0, 0.1) is 0 Å². The molecule has 2 aliphatic heterocycles. The summed E-state index contributed by atoms with van der Waals surface area (Å²) in [5.74, 6) is -1.79. The van der Waals surface area contributed by atoms with Crippen LogP contribution in [-0.2, 0) is 23.9 Å². The third-order valence-electron chi connectivity index (χ3n) is 5.28. The van der Waals surface area contributed by atoms with E-state index in [1.165, 1.54) is 16.7 Å². The fourth-order valence-corrected chi connectivity index (χ4v) is 4.82. The summed E-state index contributed by atoms with van der Waals surface area (Å²) < 4.78 is 16.0. The number of carbonyl (C=O) groups excluding carboxylic acids is 3. The number of carbonyl (C=O) groups is 3. The molecule has 0 spiro atoms.